The van der Waals surface area contributed by atoms with E-state index in [2.05, 4.69) is 20.0 Å². The van der Waals surface area contributed by atoms with Crippen LogP contribution in [-0.4, -0.2) is 55.6 Å². The van der Waals surface area contributed by atoms with E-state index in [1.165, 1.54) is 0 Å². The van der Waals surface area contributed by atoms with Crippen molar-refractivity contribution in [3.8, 4) is 28.8 Å². The van der Waals surface area contributed by atoms with Crippen molar-refractivity contribution in [3.05, 3.63) is 59.7 Å². The molecule has 4 rings (SSSR count). The molecule has 0 aliphatic heterocycles. The van der Waals surface area contributed by atoms with Crippen molar-refractivity contribution in [1.82, 2.24) is 24.5 Å². The first-order valence-corrected chi connectivity index (χ1v) is 12.0. The number of aromatic nitrogens is 4. The lowest BCUT2D eigenvalue weighted by Gasteiger charge is -2.10. The molecule has 2 aromatic carbocycles. The largest absolute Gasteiger partial charge is 0.493 e. The highest BCUT2D eigenvalue weighted by molar-refractivity contribution is 7.89. The summed E-state index contributed by atoms with van der Waals surface area (Å²) in [5.41, 5.74) is 3.21. The molecule has 0 spiro atoms. The topological polar surface area (TPSA) is 117 Å². The van der Waals surface area contributed by atoms with E-state index in [4.69, 9.17) is 14.2 Å². The lowest BCUT2D eigenvalue weighted by atomic mass is 10.1. The summed E-state index contributed by atoms with van der Waals surface area (Å²) in [6, 6.07) is 13.8. The Bertz CT molecular complexity index is 1440. The van der Waals surface area contributed by atoms with Crippen LogP contribution < -0.4 is 18.9 Å². The number of hydrogen-bond acceptors (Lipinski definition) is 8. The molecule has 0 amide bonds. The summed E-state index contributed by atoms with van der Waals surface area (Å²) in [5, 5.41) is 12.8. The summed E-state index contributed by atoms with van der Waals surface area (Å²) in [6.07, 6.45) is 0. The van der Waals surface area contributed by atoms with Crippen molar-refractivity contribution in [2.45, 2.75) is 18.7 Å². The Morgan fingerprint density at radius 1 is 0.912 bits per heavy atom. The molecule has 10 nitrogen and oxygen atoms in total. The zero-order valence-corrected chi connectivity index (χ0v) is 20.1. The van der Waals surface area contributed by atoms with E-state index >= 15 is 0 Å². The minimum absolute atomic E-state index is 0.0830. The second-order valence-electron chi connectivity index (χ2n) is 7.53. The number of sulfonamides is 1. The summed E-state index contributed by atoms with van der Waals surface area (Å²) in [5.74, 6) is 1.96. The van der Waals surface area contributed by atoms with Crippen LogP contribution in [0, 0.1) is 13.8 Å². The third-order valence-corrected chi connectivity index (χ3v) is 6.77. The monoisotopic (exact) mass is 483 g/mol. The van der Waals surface area contributed by atoms with Gasteiger partial charge in [0.2, 0.25) is 15.9 Å². The van der Waals surface area contributed by atoms with Gasteiger partial charge in [0, 0.05) is 18.2 Å². The molecule has 0 radical (unpaired) electrons. The number of fused-ring (bicyclic) bond motifs is 1. The highest BCUT2D eigenvalue weighted by atomic mass is 32.2. The van der Waals surface area contributed by atoms with Gasteiger partial charge in [0.1, 0.15) is 6.61 Å². The van der Waals surface area contributed by atoms with E-state index in [9.17, 15) is 8.42 Å². The predicted octanol–water partition coefficient (Wildman–Crippen LogP) is 2.78. The van der Waals surface area contributed by atoms with E-state index in [1.807, 2.05) is 19.9 Å². The van der Waals surface area contributed by atoms with Crippen LogP contribution in [0.3, 0.4) is 0 Å². The van der Waals surface area contributed by atoms with E-state index in [0.717, 1.165) is 16.7 Å². The third-order valence-electron chi connectivity index (χ3n) is 5.31. The van der Waals surface area contributed by atoms with Gasteiger partial charge in [-0.1, -0.05) is 6.07 Å². The molecular formula is C23H25N5O5S. The number of rotatable bonds is 9. The number of ether oxygens (including phenoxy) is 3. The van der Waals surface area contributed by atoms with Gasteiger partial charge in [-0.25, -0.2) is 13.1 Å². The van der Waals surface area contributed by atoms with Crippen molar-refractivity contribution < 1.29 is 22.6 Å². The third kappa shape index (κ3) is 4.80. The molecule has 0 saturated heterocycles. The maximum atomic E-state index is 12.5. The fraction of sp³-hybridized carbons (Fsp3) is 0.261. The molecule has 0 fully saturated rings. The molecule has 0 bridgehead atoms. The number of methoxy groups -OCH3 is 2. The first-order chi connectivity index (χ1) is 16.3. The highest BCUT2D eigenvalue weighted by Crippen LogP contribution is 2.31. The van der Waals surface area contributed by atoms with Gasteiger partial charge in [-0.15, -0.1) is 15.3 Å². The summed E-state index contributed by atoms with van der Waals surface area (Å²) in [6.45, 7) is 3.99. The first-order valence-electron chi connectivity index (χ1n) is 10.5. The first kappa shape index (κ1) is 23.5. The smallest absolute Gasteiger partial charge is 0.240 e. The average molecular weight is 484 g/mol. The van der Waals surface area contributed by atoms with Gasteiger partial charge >= 0.3 is 0 Å². The number of hydrogen-bond donors (Lipinski definition) is 1. The van der Waals surface area contributed by atoms with Gasteiger partial charge in [-0.05, 0) is 61.4 Å². The second kappa shape index (κ2) is 9.65. The summed E-state index contributed by atoms with van der Waals surface area (Å²) in [4.78, 5) is 0.221. The van der Waals surface area contributed by atoms with Gasteiger partial charge in [-0.3, -0.25) is 0 Å². The minimum Gasteiger partial charge on any atom is -0.493 e. The van der Waals surface area contributed by atoms with Crippen LogP contribution in [0.15, 0.2) is 53.4 Å². The molecule has 1 N–H and O–H groups in total. The molecule has 2 aromatic heterocycles. The fourth-order valence-electron chi connectivity index (χ4n) is 3.30. The van der Waals surface area contributed by atoms with Crippen LogP contribution in [0.5, 0.6) is 17.4 Å². The summed E-state index contributed by atoms with van der Waals surface area (Å²) < 4.78 is 45.5. The molecule has 11 heteroatoms. The normalized spacial score (nSPS) is 11.5. The van der Waals surface area contributed by atoms with Crippen LogP contribution >= 0.6 is 0 Å². The second-order valence-corrected chi connectivity index (χ2v) is 9.29. The standard InChI is InChI=1S/C23H25N5O5S/c1-15-5-7-18(13-16(15)2)34(29,30)24-11-12-33-22-10-9-21-25-26-23(28(21)27-22)17-6-8-19(31-3)20(14-17)32-4/h5-10,13-14,24H,11-12H2,1-4H3. The lowest BCUT2D eigenvalue weighted by molar-refractivity contribution is 0.306. The van der Waals surface area contributed by atoms with Crippen molar-refractivity contribution >= 4 is 15.7 Å². The molecule has 4 aromatic rings. The van der Waals surface area contributed by atoms with Crippen LogP contribution in [0.2, 0.25) is 0 Å². The number of benzene rings is 2. The van der Waals surface area contributed by atoms with Gasteiger partial charge in [0.25, 0.3) is 0 Å². The number of aryl methyl sites for hydroxylation is 2. The van der Waals surface area contributed by atoms with E-state index in [0.29, 0.717) is 28.9 Å². The van der Waals surface area contributed by atoms with Crippen molar-refractivity contribution in [3.63, 3.8) is 0 Å². The van der Waals surface area contributed by atoms with Crippen LogP contribution in [-0.2, 0) is 10.0 Å². The zero-order chi connectivity index (χ0) is 24.3. The van der Waals surface area contributed by atoms with Gasteiger partial charge in [0.05, 0.1) is 19.1 Å². The van der Waals surface area contributed by atoms with Gasteiger partial charge in [0.15, 0.2) is 23.0 Å². The summed E-state index contributed by atoms with van der Waals surface area (Å²) >= 11 is 0. The Hall–Kier alpha value is -3.70. The summed E-state index contributed by atoms with van der Waals surface area (Å²) in [7, 11) is -0.508. The molecule has 0 unspecified atom stereocenters. The Morgan fingerprint density at radius 3 is 2.44 bits per heavy atom. The molecule has 2 heterocycles. The molecule has 0 atom stereocenters. The Kier molecular flexibility index (Phi) is 6.66. The molecule has 34 heavy (non-hydrogen) atoms. The van der Waals surface area contributed by atoms with Crippen LogP contribution in [0.25, 0.3) is 17.0 Å². The highest BCUT2D eigenvalue weighted by Gasteiger charge is 2.15. The number of nitrogens with one attached hydrogen (secondary N) is 1. The van der Waals surface area contributed by atoms with Crippen LogP contribution in [0.1, 0.15) is 11.1 Å². The Balaban J connectivity index is 1.46. The maximum Gasteiger partial charge on any atom is 0.240 e. The van der Waals surface area contributed by atoms with Gasteiger partial charge in [-0.2, -0.15) is 4.52 Å². The Morgan fingerprint density at radius 2 is 1.71 bits per heavy atom. The van der Waals surface area contributed by atoms with E-state index in [1.54, 1.807) is 61.2 Å². The molecule has 178 valence electrons. The van der Waals surface area contributed by atoms with Crippen molar-refractivity contribution in [1.29, 1.82) is 0 Å². The van der Waals surface area contributed by atoms with Crippen LogP contribution in [0.4, 0.5) is 0 Å². The zero-order valence-electron chi connectivity index (χ0n) is 19.3. The number of nitrogens with zero attached hydrogens (tertiary/aromatic N) is 4. The molecule has 0 aliphatic rings. The quantitative estimate of drug-likeness (QED) is 0.361. The Labute approximate surface area is 197 Å². The molecule has 0 saturated carbocycles. The molecular weight excluding hydrogens is 458 g/mol. The predicted molar refractivity (Wildman–Crippen MR) is 126 cm³/mol. The fourth-order valence-corrected chi connectivity index (χ4v) is 4.40. The SMILES string of the molecule is COc1ccc(-c2nnc3ccc(OCCNS(=O)(=O)c4ccc(C)c(C)c4)nn23)cc1OC. The molecule has 0 aliphatic carbocycles. The van der Waals surface area contributed by atoms with E-state index in [-0.39, 0.29) is 18.0 Å². The van der Waals surface area contributed by atoms with Crippen molar-refractivity contribution in [2.24, 2.45) is 0 Å². The average Bonchev–Trinajstić information content (AvgIpc) is 3.26. The maximum absolute atomic E-state index is 12.5. The van der Waals surface area contributed by atoms with Crippen molar-refractivity contribution in [2.75, 3.05) is 27.4 Å². The minimum atomic E-state index is -3.63. The van der Waals surface area contributed by atoms with Gasteiger partial charge < -0.3 is 14.2 Å². The lowest BCUT2D eigenvalue weighted by Crippen LogP contribution is -2.28. The van der Waals surface area contributed by atoms with E-state index < -0.39 is 10.0 Å².